The van der Waals surface area contributed by atoms with Gasteiger partial charge in [-0.25, -0.2) is 4.79 Å². The number of carboxylic acid groups (broad SMARTS) is 1. The average molecular weight is 384 g/mol. The molecule has 2 saturated heterocycles. The number of hydrogen-bond donors (Lipinski definition) is 1. The van der Waals surface area contributed by atoms with Gasteiger partial charge >= 0.3 is 5.97 Å². The highest BCUT2D eigenvalue weighted by Gasteiger charge is 2.53. The third-order valence-electron chi connectivity index (χ3n) is 4.92. The number of rotatable bonds is 3. The van der Waals surface area contributed by atoms with E-state index in [9.17, 15) is 24.8 Å². The molecule has 2 heterocycles. The van der Waals surface area contributed by atoms with Crippen LogP contribution in [0.25, 0.3) is 0 Å². The monoisotopic (exact) mass is 383 g/mol. The molecule has 2 aliphatic rings. The minimum Gasteiger partial charge on any atom is -0.480 e. The van der Waals surface area contributed by atoms with Gasteiger partial charge in [0.1, 0.15) is 10.7 Å². The second-order valence-corrected chi connectivity index (χ2v) is 6.92. The lowest BCUT2D eigenvalue weighted by Gasteiger charge is -2.43. The summed E-state index contributed by atoms with van der Waals surface area (Å²) in [4.78, 5) is 38.5. The number of amides is 1. The maximum Gasteiger partial charge on any atom is 0.328 e. The first-order chi connectivity index (χ1) is 12.2. The van der Waals surface area contributed by atoms with E-state index < -0.39 is 34.3 Å². The van der Waals surface area contributed by atoms with Gasteiger partial charge in [-0.3, -0.25) is 19.8 Å². The summed E-state index contributed by atoms with van der Waals surface area (Å²) < 4.78 is 5.80. The van der Waals surface area contributed by atoms with Crippen LogP contribution in [0, 0.1) is 10.1 Å². The summed E-state index contributed by atoms with van der Waals surface area (Å²) in [5, 5.41) is 20.5. The summed E-state index contributed by atoms with van der Waals surface area (Å²) in [7, 11) is 1.94. The Morgan fingerprint density at radius 2 is 2.04 bits per heavy atom. The van der Waals surface area contributed by atoms with Crippen molar-refractivity contribution in [3.8, 4) is 0 Å². The topological polar surface area (TPSA) is 113 Å². The molecule has 1 unspecified atom stereocenters. The summed E-state index contributed by atoms with van der Waals surface area (Å²) in [5.74, 6) is -1.78. The maximum absolute atomic E-state index is 13.1. The van der Waals surface area contributed by atoms with Gasteiger partial charge in [0.15, 0.2) is 6.04 Å². The predicted molar refractivity (Wildman–Crippen MR) is 91.1 cm³/mol. The van der Waals surface area contributed by atoms with Gasteiger partial charge in [0.25, 0.3) is 11.6 Å². The summed E-state index contributed by atoms with van der Waals surface area (Å²) >= 11 is 5.80. The molecule has 140 valence electrons. The maximum atomic E-state index is 13.1. The van der Waals surface area contributed by atoms with Crippen LogP contribution in [0.4, 0.5) is 5.69 Å². The van der Waals surface area contributed by atoms with Gasteiger partial charge in [0.2, 0.25) is 0 Å². The molecule has 9 nitrogen and oxygen atoms in total. The van der Waals surface area contributed by atoms with E-state index in [0.717, 1.165) is 6.07 Å². The molecular weight excluding hydrogens is 366 g/mol. The minimum absolute atomic E-state index is 0.0103. The van der Waals surface area contributed by atoms with Crippen molar-refractivity contribution in [3.05, 3.63) is 38.9 Å². The lowest BCUT2D eigenvalue weighted by Crippen LogP contribution is -2.57. The molecule has 0 aromatic heterocycles. The van der Waals surface area contributed by atoms with E-state index in [1.807, 2.05) is 7.05 Å². The number of ether oxygens (including phenoxy) is 1. The number of nitro groups is 1. The molecule has 0 bridgehead atoms. The Morgan fingerprint density at radius 3 is 2.62 bits per heavy atom. The largest absolute Gasteiger partial charge is 0.480 e. The van der Waals surface area contributed by atoms with E-state index in [0.29, 0.717) is 25.9 Å². The van der Waals surface area contributed by atoms with E-state index in [4.69, 9.17) is 16.3 Å². The highest BCUT2D eigenvalue weighted by atomic mass is 35.5. The van der Waals surface area contributed by atoms with Crippen LogP contribution in [0.5, 0.6) is 0 Å². The lowest BCUT2D eigenvalue weighted by atomic mass is 9.97. The van der Waals surface area contributed by atoms with E-state index in [1.165, 1.54) is 17.0 Å². The zero-order chi connectivity index (χ0) is 19.1. The summed E-state index contributed by atoms with van der Waals surface area (Å²) in [6.45, 7) is 1.19. The highest BCUT2D eigenvalue weighted by Crippen LogP contribution is 2.38. The van der Waals surface area contributed by atoms with Crippen LogP contribution < -0.4 is 0 Å². The van der Waals surface area contributed by atoms with Crippen LogP contribution in [0.1, 0.15) is 23.2 Å². The Hall–Kier alpha value is -2.23. The van der Waals surface area contributed by atoms with Crippen LogP contribution >= 0.6 is 11.6 Å². The smallest absolute Gasteiger partial charge is 0.328 e. The number of nitrogens with zero attached hydrogens (tertiary/aromatic N) is 3. The average Bonchev–Trinajstić information content (AvgIpc) is 2.96. The second kappa shape index (κ2) is 6.82. The van der Waals surface area contributed by atoms with Crippen molar-refractivity contribution in [2.24, 2.45) is 0 Å². The molecule has 2 aliphatic heterocycles. The van der Waals surface area contributed by atoms with Crippen LogP contribution in [0.2, 0.25) is 5.02 Å². The molecule has 1 amide bonds. The Morgan fingerprint density at radius 1 is 1.38 bits per heavy atom. The van der Waals surface area contributed by atoms with Gasteiger partial charge in [0, 0.05) is 37.6 Å². The second-order valence-electron chi connectivity index (χ2n) is 6.51. The number of nitro benzene ring substituents is 1. The SMILES string of the molecule is CN1CCC2(CC1)OCC(C(=O)O)N2C(=O)c1ccc(Cl)c([N+](=O)[O-])c1. The molecule has 1 N–H and O–H groups in total. The quantitative estimate of drug-likeness (QED) is 0.622. The zero-order valence-electron chi connectivity index (χ0n) is 14.1. The molecule has 1 atom stereocenters. The van der Waals surface area contributed by atoms with Crippen LogP contribution in [-0.4, -0.2) is 70.2 Å². The molecule has 3 rings (SSSR count). The molecule has 26 heavy (non-hydrogen) atoms. The van der Waals surface area contributed by atoms with E-state index >= 15 is 0 Å². The normalized spacial score (nSPS) is 22.5. The van der Waals surface area contributed by atoms with Crippen LogP contribution in [0.3, 0.4) is 0 Å². The minimum atomic E-state index is -1.17. The third kappa shape index (κ3) is 3.13. The van der Waals surface area contributed by atoms with Crippen molar-refractivity contribution >= 4 is 29.2 Å². The predicted octanol–water partition coefficient (Wildman–Crippen LogP) is 1.60. The summed E-state index contributed by atoms with van der Waals surface area (Å²) in [6, 6.07) is 2.56. The van der Waals surface area contributed by atoms with E-state index in [-0.39, 0.29) is 17.2 Å². The van der Waals surface area contributed by atoms with Crippen molar-refractivity contribution in [2.75, 3.05) is 26.7 Å². The van der Waals surface area contributed by atoms with Crippen molar-refractivity contribution in [2.45, 2.75) is 24.6 Å². The molecule has 1 aromatic carbocycles. The molecule has 1 spiro atoms. The van der Waals surface area contributed by atoms with Crippen molar-refractivity contribution in [1.29, 1.82) is 0 Å². The van der Waals surface area contributed by atoms with Crippen molar-refractivity contribution in [3.63, 3.8) is 0 Å². The van der Waals surface area contributed by atoms with Gasteiger partial charge in [-0.1, -0.05) is 11.6 Å². The summed E-state index contributed by atoms with van der Waals surface area (Å²) in [5.41, 5.74) is -1.40. The fourth-order valence-corrected chi connectivity index (χ4v) is 3.63. The first-order valence-corrected chi connectivity index (χ1v) is 8.46. The standard InChI is InChI=1S/C16H18ClN3O6/c1-18-6-4-16(5-7-18)19(13(9-26-16)15(22)23)14(21)10-2-3-11(17)12(8-10)20(24)25/h2-3,8,13H,4-7,9H2,1H3,(H,22,23). The molecular formula is C16H18ClN3O6. The number of piperidine rings is 1. The third-order valence-corrected chi connectivity index (χ3v) is 5.24. The number of aliphatic carboxylic acids is 1. The number of carboxylic acids is 1. The first kappa shape index (κ1) is 18.6. The van der Waals surface area contributed by atoms with Gasteiger partial charge < -0.3 is 14.7 Å². The van der Waals surface area contributed by atoms with Crippen LogP contribution in [-0.2, 0) is 9.53 Å². The van der Waals surface area contributed by atoms with Crippen molar-refractivity contribution in [1.82, 2.24) is 9.80 Å². The molecule has 0 radical (unpaired) electrons. The summed E-state index contributed by atoms with van der Waals surface area (Å²) in [6.07, 6.45) is 0.934. The van der Waals surface area contributed by atoms with E-state index in [1.54, 1.807) is 0 Å². The fraction of sp³-hybridized carbons (Fsp3) is 0.500. The molecule has 10 heteroatoms. The number of likely N-dealkylation sites (tertiary alicyclic amines) is 1. The lowest BCUT2D eigenvalue weighted by molar-refractivity contribution is -0.384. The van der Waals surface area contributed by atoms with Crippen molar-refractivity contribution < 1.29 is 24.4 Å². The zero-order valence-corrected chi connectivity index (χ0v) is 14.8. The Labute approximate surface area is 154 Å². The highest BCUT2D eigenvalue weighted by molar-refractivity contribution is 6.32. The number of halogens is 1. The van der Waals surface area contributed by atoms with Gasteiger partial charge in [-0.05, 0) is 19.2 Å². The Balaban J connectivity index is 1.99. The number of carbonyl (C=O) groups is 2. The molecule has 0 aliphatic carbocycles. The van der Waals surface area contributed by atoms with Gasteiger partial charge in [0.05, 0.1) is 11.5 Å². The van der Waals surface area contributed by atoms with Gasteiger partial charge in [-0.2, -0.15) is 0 Å². The molecule has 0 saturated carbocycles. The first-order valence-electron chi connectivity index (χ1n) is 8.08. The Bertz CT molecular complexity index is 762. The van der Waals surface area contributed by atoms with Crippen LogP contribution in [0.15, 0.2) is 18.2 Å². The van der Waals surface area contributed by atoms with E-state index in [2.05, 4.69) is 4.90 Å². The van der Waals surface area contributed by atoms with Gasteiger partial charge in [-0.15, -0.1) is 0 Å². The number of hydrogen-bond acceptors (Lipinski definition) is 6. The molecule has 2 fully saturated rings. The fourth-order valence-electron chi connectivity index (χ4n) is 3.45. The number of benzene rings is 1. The molecule has 1 aromatic rings. The number of carbonyl (C=O) groups excluding carboxylic acids is 1. The Kier molecular flexibility index (Phi) is 4.87.